The van der Waals surface area contributed by atoms with Gasteiger partial charge in [0.1, 0.15) is 19.0 Å². The molecule has 0 amide bonds. The van der Waals surface area contributed by atoms with Crippen LogP contribution in [0.4, 0.5) is 0 Å². The molecule has 1 aromatic heterocycles. The number of aromatic nitrogens is 1. The van der Waals surface area contributed by atoms with Gasteiger partial charge in [-0.05, 0) is 24.3 Å². The Bertz CT molecular complexity index is 456. The van der Waals surface area contributed by atoms with E-state index in [0.717, 1.165) is 12.3 Å². The first-order chi connectivity index (χ1) is 8.88. The molecule has 2 aromatic rings. The maximum Gasteiger partial charge on any atom is 0.254 e. The van der Waals surface area contributed by atoms with Crippen molar-refractivity contribution in [1.82, 2.24) is 10.5 Å². The minimum atomic E-state index is 0.340. The molecule has 0 spiro atoms. The number of rotatable bonds is 7. The van der Waals surface area contributed by atoms with E-state index in [2.05, 4.69) is 10.5 Å². The summed E-state index contributed by atoms with van der Waals surface area (Å²) < 4.78 is 16.0. The standard InChI is InChI=1S/C13H16N2O3/c1-14-7-8-16-13-9-12(18-15-13)10-17-11-5-3-2-4-6-11/h2-6,9,14H,7-8,10H2,1H3. The van der Waals surface area contributed by atoms with Crippen molar-refractivity contribution in [2.24, 2.45) is 0 Å². The van der Waals surface area contributed by atoms with Gasteiger partial charge in [0, 0.05) is 12.6 Å². The highest BCUT2D eigenvalue weighted by Gasteiger charge is 2.05. The normalized spacial score (nSPS) is 10.3. The molecule has 2 rings (SSSR count). The van der Waals surface area contributed by atoms with E-state index >= 15 is 0 Å². The van der Waals surface area contributed by atoms with Gasteiger partial charge in [0.25, 0.3) is 5.88 Å². The molecule has 96 valence electrons. The van der Waals surface area contributed by atoms with Gasteiger partial charge in [-0.15, -0.1) is 0 Å². The summed E-state index contributed by atoms with van der Waals surface area (Å²) in [5.41, 5.74) is 0. The predicted molar refractivity (Wildman–Crippen MR) is 66.7 cm³/mol. The van der Waals surface area contributed by atoms with Crippen molar-refractivity contribution >= 4 is 0 Å². The maximum atomic E-state index is 5.53. The molecular weight excluding hydrogens is 232 g/mol. The van der Waals surface area contributed by atoms with E-state index in [1.165, 1.54) is 0 Å². The Balaban J connectivity index is 1.80. The molecule has 0 aliphatic carbocycles. The molecule has 0 unspecified atom stereocenters. The molecular formula is C13H16N2O3. The highest BCUT2D eigenvalue weighted by atomic mass is 16.5. The molecule has 1 N–H and O–H groups in total. The smallest absolute Gasteiger partial charge is 0.254 e. The number of benzene rings is 1. The lowest BCUT2D eigenvalue weighted by atomic mass is 10.3. The zero-order chi connectivity index (χ0) is 12.6. The Morgan fingerprint density at radius 3 is 2.83 bits per heavy atom. The van der Waals surface area contributed by atoms with E-state index in [1.807, 2.05) is 37.4 Å². The molecule has 0 aliphatic heterocycles. The van der Waals surface area contributed by atoms with Crippen LogP contribution >= 0.6 is 0 Å². The van der Waals surface area contributed by atoms with Gasteiger partial charge in [-0.25, -0.2) is 0 Å². The summed E-state index contributed by atoms with van der Waals surface area (Å²) in [6.45, 7) is 1.66. The van der Waals surface area contributed by atoms with Gasteiger partial charge in [0.05, 0.1) is 0 Å². The van der Waals surface area contributed by atoms with Gasteiger partial charge in [-0.2, -0.15) is 0 Å². The Morgan fingerprint density at radius 1 is 1.22 bits per heavy atom. The topological polar surface area (TPSA) is 56.5 Å². The fourth-order valence-corrected chi connectivity index (χ4v) is 1.36. The van der Waals surface area contributed by atoms with Crippen LogP contribution in [-0.2, 0) is 6.61 Å². The van der Waals surface area contributed by atoms with Crippen molar-refractivity contribution in [3.8, 4) is 11.6 Å². The van der Waals surface area contributed by atoms with Gasteiger partial charge in [-0.1, -0.05) is 18.2 Å². The lowest BCUT2D eigenvalue weighted by Crippen LogP contribution is -2.15. The lowest BCUT2D eigenvalue weighted by molar-refractivity contribution is 0.238. The Kier molecular flexibility index (Phi) is 4.60. The highest BCUT2D eigenvalue weighted by molar-refractivity contribution is 5.21. The molecule has 0 aliphatic rings. The first kappa shape index (κ1) is 12.4. The van der Waals surface area contributed by atoms with Crippen LogP contribution in [0.25, 0.3) is 0 Å². The molecule has 0 saturated heterocycles. The molecule has 5 nitrogen and oxygen atoms in total. The molecule has 0 radical (unpaired) electrons. The third-order valence-electron chi connectivity index (χ3n) is 2.26. The van der Waals surface area contributed by atoms with Crippen molar-refractivity contribution in [3.05, 3.63) is 42.2 Å². The Labute approximate surface area is 106 Å². The van der Waals surface area contributed by atoms with Gasteiger partial charge in [-0.3, -0.25) is 0 Å². The monoisotopic (exact) mass is 248 g/mol. The SMILES string of the molecule is CNCCOc1cc(COc2ccccc2)on1. The van der Waals surface area contributed by atoms with Crippen molar-refractivity contribution in [2.45, 2.75) is 6.61 Å². The zero-order valence-corrected chi connectivity index (χ0v) is 10.3. The second-order valence-corrected chi connectivity index (χ2v) is 3.69. The summed E-state index contributed by atoms with van der Waals surface area (Å²) in [5, 5.41) is 6.78. The summed E-state index contributed by atoms with van der Waals surface area (Å²) in [7, 11) is 1.87. The van der Waals surface area contributed by atoms with Crippen LogP contribution in [0.3, 0.4) is 0 Å². The summed E-state index contributed by atoms with van der Waals surface area (Å²) in [4.78, 5) is 0. The minimum Gasteiger partial charge on any atom is -0.486 e. The number of likely N-dealkylation sites (N-methyl/N-ethyl adjacent to an activating group) is 1. The van der Waals surface area contributed by atoms with E-state index in [-0.39, 0.29) is 0 Å². The van der Waals surface area contributed by atoms with Crippen LogP contribution in [0.15, 0.2) is 40.9 Å². The zero-order valence-electron chi connectivity index (χ0n) is 10.3. The Hall–Kier alpha value is -2.01. The van der Waals surface area contributed by atoms with Crippen molar-refractivity contribution in [3.63, 3.8) is 0 Å². The molecule has 18 heavy (non-hydrogen) atoms. The number of ether oxygens (including phenoxy) is 2. The van der Waals surface area contributed by atoms with Crippen LogP contribution in [0.5, 0.6) is 11.6 Å². The van der Waals surface area contributed by atoms with Crippen LogP contribution in [0.1, 0.15) is 5.76 Å². The lowest BCUT2D eigenvalue weighted by Gasteiger charge is -2.01. The molecule has 1 heterocycles. The number of nitrogens with one attached hydrogen (secondary N) is 1. The van der Waals surface area contributed by atoms with E-state index < -0.39 is 0 Å². The molecule has 0 fully saturated rings. The Morgan fingerprint density at radius 2 is 2.06 bits per heavy atom. The number of nitrogens with zero attached hydrogens (tertiary/aromatic N) is 1. The number of para-hydroxylation sites is 1. The maximum absolute atomic E-state index is 5.53. The summed E-state index contributed by atoms with van der Waals surface area (Å²) >= 11 is 0. The second kappa shape index (κ2) is 6.66. The number of hydrogen-bond donors (Lipinski definition) is 1. The molecule has 0 atom stereocenters. The summed E-state index contributed by atoms with van der Waals surface area (Å²) in [6, 6.07) is 11.3. The third-order valence-corrected chi connectivity index (χ3v) is 2.26. The molecule has 1 aromatic carbocycles. The average Bonchev–Trinajstić information content (AvgIpc) is 2.86. The summed E-state index contributed by atoms with van der Waals surface area (Å²) in [5.74, 6) is 1.92. The number of hydrogen-bond acceptors (Lipinski definition) is 5. The first-order valence-corrected chi connectivity index (χ1v) is 5.79. The quantitative estimate of drug-likeness (QED) is 0.758. The van der Waals surface area contributed by atoms with Crippen LogP contribution in [0.2, 0.25) is 0 Å². The van der Waals surface area contributed by atoms with Crippen LogP contribution in [0, 0.1) is 0 Å². The van der Waals surface area contributed by atoms with Crippen LogP contribution in [-0.4, -0.2) is 25.4 Å². The minimum absolute atomic E-state index is 0.340. The van der Waals surface area contributed by atoms with Gasteiger partial charge >= 0.3 is 0 Å². The summed E-state index contributed by atoms with van der Waals surface area (Å²) in [6.07, 6.45) is 0. The van der Waals surface area contributed by atoms with Crippen molar-refractivity contribution in [2.75, 3.05) is 20.2 Å². The average molecular weight is 248 g/mol. The second-order valence-electron chi connectivity index (χ2n) is 3.69. The first-order valence-electron chi connectivity index (χ1n) is 5.79. The van der Waals surface area contributed by atoms with Gasteiger partial charge in [0.2, 0.25) is 0 Å². The molecule has 5 heteroatoms. The van der Waals surface area contributed by atoms with E-state index in [4.69, 9.17) is 14.0 Å². The fourth-order valence-electron chi connectivity index (χ4n) is 1.36. The van der Waals surface area contributed by atoms with E-state index in [1.54, 1.807) is 6.07 Å². The molecule has 0 saturated carbocycles. The van der Waals surface area contributed by atoms with Gasteiger partial charge < -0.3 is 19.3 Å². The van der Waals surface area contributed by atoms with E-state index in [9.17, 15) is 0 Å². The van der Waals surface area contributed by atoms with Crippen molar-refractivity contribution < 1.29 is 14.0 Å². The van der Waals surface area contributed by atoms with Crippen LogP contribution < -0.4 is 14.8 Å². The van der Waals surface area contributed by atoms with Crippen molar-refractivity contribution in [1.29, 1.82) is 0 Å². The third kappa shape index (κ3) is 3.78. The molecule has 0 bridgehead atoms. The fraction of sp³-hybridized carbons (Fsp3) is 0.308. The van der Waals surface area contributed by atoms with Gasteiger partial charge in [0.15, 0.2) is 5.76 Å². The largest absolute Gasteiger partial charge is 0.486 e. The highest BCUT2D eigenvalue weighted by Crippen LogP contribution is 2.15. The predicted octanol–water partition coefficient (Wildman–Crippen LogP) is 1.85. The van der Waals surface area contributed by atoms with E-state index in [0.29, 0.717) is 24.9 Å².